The van der Waals surface area contributed by atoms with Crippen molar-refractivity contribution in [2.24, 2.45) is 5.92 Å². The quantitative estimate of drug-likeness (QED) is 0.830. The van der Waals surface area contributed by atoms with E-state index in [0.717, 1.165) is 17.9 Å². The van der Waals surface area contributed by atoms with Gasteiger partial charge in [-0.05, 0) is 49.3 Å². The van der Waals surface area contributed by atoms with Crippen molar-refractivity contribution in [1.29, 1.82) is 0 Å². The Balaban J connectivity index is 1.78. The molecule has 2 rings (SSSR count). The van der Waals surface area contributed by atoms with Gasteiger partial charge in [0.2, 0.25) is 0 Å². The van der Waals surface area contributed by atoms with E-state index in [1.165, 1.54) is 29.3 Å². The van der Waals surface area contributed by atoms with Gasteiger partial charge in [-0.15, -0.1) is 0 Å². The van der Waals surface area contributed by atoms with Crippen LogP contribution in [0, 0.1) is 5.92 Å². The number of nitrogens with one attached hydrogen (secondary N) is 1. The molecule has 1 aromatic carbocycles. The van der Waals surface area contributed by atoms with Gasteiger partial charge < -0.3 is 5.32 Å². The first-order valence-corrected chi connectivity index (χ1v) is 7.91. The predicted molar refractivity (Wildman–Crippen MR) is 82.0 cm³/mol. The highest BCUT2D eigenvalue weighted by molar-refractivity contribution is 9.10. The normalized spacial score (nSPS) is 26.4. The molecule has 1 aromatic rings. The number of hydrogen-bond acceptors (Lipinski definition) is 1. The van der Waals surface area contributed by atoms with Crippen LogP contribution in [0.5, 0.6) is 0 Å². The van der Waals surface area contributed by atoms with Crippen molar-refractivity contribution in [1.82, 2.24) is 5.32 Å². The van der Waals surface area contributed by atoms with Crippen LogP contribution in [-0.2, 0) is 0 Å². The molecule has 1 nitrogen and oxygen atoms in total. The fourth-order valence-electron chi connectivity index (χ4n) is 2.65. The average Bonchev–Trinajstić information content (AvgIpc) is 2.33. The molecule has 0 heterocycles. The molecule has 1 fully saturated rings. The van der Waals surface area contributed by atoms with Crippen LogP contribution in [0.1, 0.15) is 51.5 Å². The van der Waals surface area contributed by atoms with Crippen molar-refractivity contribution in [2.75, 3.05) is 0 Å². The van der Waals surface area contributed by atoms with Crippen LogP contribution in [0.2, 0.25) is 0 Å². The maximum absolute atomic E-state index is 3.77. The molecule has 0 radical (unpaired) electrons. The van der Waals surface area contributed by atoms with E-state index in [-0.39, 0.29) is 0 Å². The van der Waals surface area contributed by atoms with E-state index in [0.29, 0.717) is 6.04 Å². The standard InChI is InChI=1S/C16H24BrN/c1-4-11(2)12(3)18-16-9-14(10-16)13-5-7-15(17)8-6-13/h5-8,11-12,14,16,18H,4,9-10H2,1-3H3. The molecular formula is C16H24BrN. The molecule has 1 N–H and O–H groups in total. The second-order valence-corrected chi connectivity index (χ2v) is 6.67. The Morgan fingerprint density at radius 3 is 2.39 bits per heavy atom. The van der Waals surface area contributed by atoms with Gasteiger partial charge in [0.15, 0.2) is 0 Å². The molecule has 2 atom stereocenters. The van der Waals surface area contributed by atoms with Crippen molar-refractivity contribution in [2.45, 2.75) is 58.0 Å². The van der Waals surface area contributed by atoms with Crippen molar-refractivity contribution in [3.05, 3.63) is 34.3 Å². The van der Waals surface area contributed by atoms with Crippen LogP contribution < -0.4 is 5.32 Å². The molecule has 1 aliphatic rings. The Morgan fingerprint density at radius 2 is 1.83 bits per heavy atom. The predicted octanol–water partition coefficient (Wildman–Crippen LogP) is 4.72. The van der Waals surface area contributed by atoms with E-state index < -0.39 is 0 Å². The third kappa shape index (κ3) is 3.36. The molecule has 100 valence electrons. The fourth-order valence-corrected chi connectivity index (χ4v) is 2.91. The lowest BCUT2D eigenvalue weighted by molar-refractivity contribution is 0.241. The highest BCUT2D eigenvalue weighted by Gasteiger charge is 2.31. The topological polar surface area (TPSA) is 12.0 Å². The minimum Gasteiger partial charge on any atom is -0.311 e. The maximum atomic E-state index is 3.77. The third-order valence-electron chi connectivity index (χ3n) is 4.48. The van der Waals surface area contributed by atoms with Gasteiger partial charge in [0.25, 0.3) is 0 Å². The second kappa shape index (κ2) is 6.21. The molecule has 0 bridgehead atoms. The lowest BCUT2D eigenvalue weighted by Gasteiger charge is -2.39. The van der Waals surface area contributed by atoms with Gasteiger partial charge in [0.1, 0.15) is 0 Å². The zero-order valence-corrected chi connectivity index (χ0v) is 13.2. The van der Waals surface area contributed by atoms with Gasteiger partial charge in [-0.3, -0.25) is 0 Å². The Kier molecular flexibility index (Phi) is 4.85. The minimum absolute atomic E-state index is 0.644. The first-order valence-electron chi connectivity index (χ1n) is 7.11. The first kappa shape index (κ1) is 14.1. The average molecular weight is 310 g/mol. The summed E-state index contributed by atoms with van der Waals surface area (Å²) in [5.41, 5.74) is 1.49. The largest absolute Gasteiger partial charge is 0.311 e. The molecule has 1 aliphatic carbocycles. The van der Waals surface area contributed by atoms with Crippen LogP contribution >= 0.6 is 15.9 Å². The number of halogens is 1. The third-order valence-corrected chi connectivity index (χ3v) is 5.00. The number of rotatable bonds is 5. The molecule has 0 aromatic heterocycles. The van der Waals surface area contributed by atoms with E-state index in [4.69, 9.17) is 0 Å². The summed E-state index contributed by atoms with van der Waals surface area (Å²) in [4.78, 5) is 0. The fraction of sp³-hybridized carbons (Fsp3) is 0.625. The van der Waals surface area contributed by atoms with Gasteiger partial charge in [0, 0.05) is 16.6 Å². The van der Waals surface area contributed by atoms with E-state index in [9.17, 15) is 0 Å². The molecular weight excluding hydrogens is 286 g/mol. The minimum atomic E-state index is 0.644. The molecule has 1 saturated carbocycles. The van der Waals surface area contributed by atoms with Crippen LogP contribution in [0.25, 0.3) is 0 Å². The van der Waals surface area contributed by atoms with Crippen molar-refractivity contribution < 1.29 is 0 Å². The summed E-state index contributed by atoms with van der Waals surface area (Å²) in [6, 6.07) is 10.2. The molecule has 0 saturated heterocycles. The zero-order chi connectivity index (χ0) is 13.1. The Hall–Kier alpha value is -0.340. The van der Waals surface area contributed by atoms with E-state index in [1.54, 1.807) is 0 Å². The molecule has 2 unspecified atom stereocenters. The van der Waals surface area contributed by atoms with Crippen molar-refractivity contribution in [3.8, 4) is 0 Å². The molecule has 0 spiro atoms. The van der Waals surface area contributed by atoms with Gasteiger partial charge in [-0.25, -0.2) is 0 Å². The summed E-state index contributed by atoms with van der Waals surface area (Å²) in [5, 5.41) is 3.77. The Labute approximate surface area is 119 Å². The van der Waals surface area contributed by atoms with E-state index >= 15 is 0 Å². The highest BCUT2D eigenvalue weighted by atomic mass is 79.9. The number of hydrogen-bond donors (Lipinski definition) is 1. The van der Waals surface area contributed by atoms with Crippen molar-refractivity contribution >= 4 is 15.9 Å². The lowest BCUT2D eigenvalue weighted by atomic mass is 9.75. The lowest BCUT2D eigenvalue weighted by Crippen LogP contribution is -2.46. The second-order valence-electron chi connectivity index (χ2n) is 5.76. The summed E-state index contributed by atoms with van der Waals surface area (Å²) >= 11 is 3.49. The molecule has 0 amide bonds. The highest BCUT2D eigenvalue weighted by Crippen LogP contribution is 2.37. The summed E-state index contributed by atoms with van der Waals surface area (Å²) in [6.07, 6.45) is 3.85. The monoisotopic (exact) mass is 309 g/mol. The van der Waals surface area contributed by atoms with Gasteiger partial charge >= 0.3 is 0 Å². The first-order chi connectivity index (χ1) is 8.60. The number of benzene rings is 1. The van der Waals surface area contributed by atoms with E-state index in [2.05, 4.69) is 66.3 Å². The molecule has 18 heavy (non-hydrogen) atoms. The zero-order valence-electron chi connectivity index (χ0n) is 11.6. The van der Waals surface area contributed by atoms with Crippen LogP contribution in [-0.4, -0.2) is 12.1 Å². The molecule has 2 heteroatoms. The van der Waals surface area contributed by atoms with E-state index in [1.807, 2.05) is 0 Å². The SMILES string of the molecule is CCC(C)C(C)NC1CC(c2ccc(Br)cc2)C1. The van der Waals surface area contributed by atoms with Crippen LogP contribution in [0.4, 0.5) is 0 Å². The van der Waals surface area contributed by atoms with Gasteiger partial charge in [0.05, 0.1) is 0 Å². The summed E-state index contributed by atoms with van der Waals surface area (Å²) in [7, 11) is 0. The van der Waals surface area contributed by atoms with Gasteiger partial charge in [-0.1, -0.05) is 48.3 Å². The summed E-state index contributed by atoms with van der Waals surface area (Å²) in [6.45, 7) is 6.93. The smallest absolute Gasteiger partial charge is 0.0175 e. The molecule has 0 aliphatic heterocycles. The Bertz CT molecular complexity index is 367. The summed E-state index contributed by atoms with van der Waals surface area (Å²) < 4.78 is 1.17. The van der Waals surface area contributed by atoms with Crippen molar-refractivity contribution in [3.63, 3.8) is 0 Å². The van der Waals surface area contributed by atoms with Crippen LogP contribution in [0.3, 0.4) is 0 Å². The van der Waals surface area contributed by atoms with Gasteiger partial charge in [-0.2, -0.15) is 0 Å². The summed E-state index contributed by atoms with van der Waals surface area (Å²) in [5.74, 6) is 1.54. The maximum Gasteiger partial charge on any atom is 0.0175 e. The van der Waals surface area contributed by atoms with Crippen LogP contribution in [0.15, 0.2) is 28.7 Å². The Morgan fingerprint density at radius 1 is 1.22 bits per heavy atom.